The number of aromatic amines is 1. The van der Waals surface area contributed by atoms with E-state index in [0.29, 0.717) is 27.6 Å². The number of likely N-dealkylation sites (tertiary alicyclic amines) is 1. The predicted molar refractivity (Wildman–Crippen MR) is 140 cm³/mol. The number of ketones is 1. The maximum atomic E-state index is 13.2. The molecule has 1 aromatic heterocycles. The molecule has 2 heterocycles. The molecule has 0 spiro atoms. The van der Waals surface area contributed by atoms with Crippen molar-refractivity contribution in [3.63, 3.8) is 0 Å². The highest BCUT2D eigenvalue weighted by Crippen LogP contribution is 2.40. The Hall–Kier alpha value is -3.74. The number of rotatable bonds is 6. The highest BCUT2D eigenvalue weighted by molar-refractivity contribution is 6.46. The number of aliphatic hydroxyl groups excluding tert-OH is 1. The molecule has 0 saturated carbocycles. The van der Waals surface area contributed by atoms with Crippen LogP contribution in [0.3, 0.4) is 0 Å². The highest BCUT2D eigenvalue weighted by atomic mass is 35.5. The summed E-state index contributed by atoms with van der Waals surface area (Å²) in [6.45, 7) is 0.263. The van der Waals surface area contributed by atoms with Gasteiger partial charge in [0.1, 0.15) is 11.5 Å². The lowest BCUT2D eigenvalue weighted by Gasteiger charge is -2.25. The second kappa shape index (κ2) is 9.72. The molecule has 2 N–H and O–H groups in total. The molecular formula is C28H22Cl2N2O4. The van der Waals surface area contributed by atoms with Crippen LogP contribution < -0.4 is 4.74 Å². The molecule has 0 unspecified atom stereocenters. The Labute approximate surface area is 217 Å². The number of halogens is 2. The van der Waals surface area contributed by atoms with E-state index in [1.807, 2.05) is 24.4 Å². The first kappa shape index (κ1) is 24.0. The molecule has 182 valence electrons. The summed E-state index contributed by atoms with van der Waals surface area (Å²) in [5.41, 5.74) is 3.04. The van der Waals surface area contributed by atoms with E-state index in [1.54, 1.807) is 55.6 Å². The number of methoxy groups -OCH3 is 1. The van der Waals surface area contributed by atoms with Crippen LogP contribution in [0.25, 0.3) is 16.7 Å². The number of benzene rings is 3. The number of nitrogens with zero attached hydrogens (tertiary/aromatic N) is 1. The minimum absolute atomic E-state index is 0.0326. The minimum Gasteiger partial charge on any atom is -0.507 e. The third-order valence-electron chi connectivity index (χ3n) is 6.44. The second-order valence-electron chi connectivity index (χ2n) is 8.53. The molecule has 0 aliphatic carbocycles. The predicted octanol–water partition coefficient (Wildman–Crippen LogP) is 6.15. The lowest BCUT2D eigenvalue weighted by atomic mass is 9.95. The van der Waals surface area contributed by atoms with Gasteiger partial charge in [-0.3, -0.25) is 9.59 Å². The lowest BCUT2D eigenvalue weighted by molar-refractivity contribution is -0.139. The van der Waals surface area contributed by atoms with Crippen molar-refractivity contribution in [1.82, 2.24) is 9.88 Å². The number of Topliss-reactive ketones (excluding diaryl/α,β-unsaturated/α-hetero) is 1. The number of nitrogens with one attached hydrogen (secondary N) is 1. The number of hydrogen-bond acceptors (Lipinski definition) is 4. The fourth-order valence-corrected chi connectivity index (χ4v) is 4.85. The van der Waals surface area contributed by atoms with Gasteiger partial charge in [-0.25, -0.2) is 0 Å². The Morgan fingerprint density at radius 2 is 1.67 bits per heavy atom. The van der Waals surface area contributed by atoms with Crippen molar-refractivity contribution in [3.05, 3.63) is 105 Å². The van der Waals surface area contributed by atoms with Crippen LogP contribution >= 0.6 is 23.2 Å². The van der Waals surface area contributed by atoms with Crippen molar-refractivity contribution >= 4 is 51.6 Å². The summed E-state index contributed by atoms with van der Waals surface area (Å²) in [5, 5.41) is 13.2. The molecule has 36 heavy (non-hydrogen) atoms. The Morgan fingerprint density at radius 1 is 1.00 bits per heavy atom. The Bertz CT molecular complexity index is 1490. The van der Waals surface area contributed by atoms with E-state index < -0.39 is 17.7 Å². The number of aliphatic hydroxyl groups is 1. The van der Waals surface area contributed by atoms with Crippen LogP contribution in [0.15, 0.2) is 78.5 Å². The molecule has 1 atom stereocenters. The second-order valence-corrected chi connectivity index (χ2v) is 9.40. The van der Waals surface area contributed by atoms with Crippen molar-refractivity contribution in [1.29, 1.82) is 0 Å². The summed E-state index contributed by atoms with van der Waals surface area (Å²) in [6.07, 6.45) is 2.39. The summed E-state index contributed by atoms with van der Waals surface area (Å²) in [6, 6.07) is 18.4. The van der Waals surface area contributed by atoms with Gasteiger partial charge in [0.2, 0.25) is 0 Å². The van der Waals surface area contributed by atoms with Crippen LogP contribution in [0, 0.1) is 0 Å². The maximum Gasteiger partial charge on any atom is 0.295 e. The highest BCUT2D eigenvalue weighted by Gasteiger charge is 2.45. The van der Waals surface area contributed by atoms with Crippen molar-refractivity contribution in [2.75, 3.05) is 13.7 Å². The van der Waals surface area contributed by atoms with Gasteiger partial charge in [-0.05, 0) is 72.1 Å². The number of fused-ring (bicyclic) bond motifs is 1. The average Bonchev–Trinajstić information content (AvgIpc) is 3.40. The third-order valence-corrected chi connectivity index (χ3v) is 6.94. The third kappa shape index (κ3) is 4.34. The van der Waals surface area contributed by atoms with Gasteiger partial charge < -0.3 is 19.7 Å². The normalized spacial score (nSPS) is 17.2. The number of carbonyl (C=O) groups is 2. The first-order valence-corrected chi connectivity index (χ1v) is 12.1. The van der Waals surface area contributed by atoms with E-state index in [4.69, 9.17) is 27.9 Å². The summed E-state index contributed by atoms with van der Waals surface area (Å²) >= 11 is 12.1. The zero-order valence-corrected chi connectivity index (χ0v) is 20.8. The molecule has 1 saturated heterocycles. The Morgan fingerprint density at radius 3 is 2.33 bits per heavy atom. The van der Waals surface area contributed by atoms with Crippen molar-refractivity contribution in [2.24, 2.45) is 0 Å². The zero-order valence-electron chi connectivity index (χ0n) is 19.3. The van der Waals surface area contributed by atoms with Crippen molar-refractivity contribution in [2.45, 2.75) is 12.5 Å². The van der Waals surface area contributed by atoms with Crippen LogP contribution in [0.5, 0.6) is 5.75 Å². The first-order valence-electron chi connectivity index (χ1n) is 11.3. The summed E-state index contributed by atoms with van der Waals surface area (Å²) in [5.74, 6) is -0.914. The number of carbonyl (C=O) groups excluding carboxylic acids is 2. The van der Waals surface area contributed by atoms with E-state index in [1.165, 1.54) is 4.90 Å². The molecule has 6 nitrogen and oxygen atoms in total. The monoisotopic (exact) mass is 520 g/mol. The smallest absolute Gasteiger partial charge is 0.295 e. The summed E-state index contributed by atoms with van der Waals surface area (Å²) < 4.78 is 5.35. The van der Waals surface area contributed by atoms with Gasteiger partial charge in [0.05, 0.1) is 18.7 Å². The molecule has 8 heteroatoms. The van der Waals surface area contributed by atoms with E-state index >= 15 is 0 Å². The standard InChI is InChI=1S/C28H22Cl2N2O4/c1-36-21-10-11-23-22(14-21)18(15-31-23)12-13-32-25(16-2-6-19(29)7-3-16)24(27(34)28(32)35)26(33)17-4-8-20(30)9-5-17/h2-11,14-15,25,31,33H,12-13H2,1H3/t25-/m0/s1. The number of hydrogen-bond donors (Lipinski definition) is 2. The molecular weight excluding hydrogens is 499 g/mol. The quantitative estimate of drug-likeness (QED) is 0.181. The number of ether oxygens (including phenoxy) is 1. The largest absolute Gasteiger partial charge is 0.507 e. The van der Waals surface area contributed by atoms with Crippen LogP contribution in [-0.2, 0) is 16.0 Å². The van der Waals surface area contributed by atoms with Gasteiger partial charge in [-0.15, -0.1) is 0 Å². The Kier molecular flexibility index (Phi) is 6.48. The van der Waals surface area contributed by atoms with Gasteiger partial charge in [-0.1, -0.05) is 35.3 Å². The van der Waals surface area contributed by atoms with Crippen LogP contribution in [0.2, 0.25) is 10.0 Å². The SMILES string of the molecule is COc1ccc2[nH]cc(CCN3C(=O)C(=O)C(=C(O)c4ccc(Cl)cc4)[C@@H]3c3ccc(Cl)cc3)c2c1. The first-order chi connectivity index (χ1) is 17.4. The molecule has 1 amide bonds. The van der Waals surface area contributed by atoms with Gasteiger partial charge >= 0.3 is 0 Å². The van der Waals surface area contributed by atoms with Crippen LogP contribution in [0.1, 0.15) is 22.7 Å². The van der Waals surface area contributed by atoms with E-state index in [2.05, 4.69) is 4.98 Å². The summed E-state index contributed by atoms with van der Waals surface area (Å²) in [7, 11) is 1.61. The lowest BCUT2D eigenvalue weighted by Crippen LogP contribution is -2.31. The topological polar surface area (TPSA) is 82.6 Å². The average molecular weight is 521 g/mol. The van der Waals surface area contributed by atoms with Crippen molar-refractivity contribution in [3.8, 4) is 5.75 Å². The van der Waals surface area contributed by atoms with Crippen LogP contribution in [-0.4, -0.2) is 40.3 Å². The number of H-pyrrole nitrogens is 1. The summed E-state index contributed by atoms with van der Waals surface area (Å²) in [4.78, 5) is 31.2. The van der Waals surface area contributed by atoms with E-state index in [9.17, 15) is 14.7 Å². The van der Waals surface area contributed by atoms with E-state index in [-0.39, 0.29) is 17.9 Å². The molecule has 0 bridgehead atoms. The molecule has 1 aliphatic heterocycles. The molecule has 4 aromatic rings. The molecule has 1 aliphatic rings. The zero-order chi connectivity index (χ0) is 25.4. The van der Waals surface area contributed by atoms with Crippen molar-refractivity contribution < 1.29 is 19.4 Å². The molecule has 3 aromatic carbocycles. The fourth-order valence-electron chi connectivity index (χ4n) is 4.60. The van der Waals surface area contributed by atoms with Gasteiger partial charge in [0, 0.05) is 39.3 Å². The number of amides is 1. The number of aromatic nitrogens is 1. The van der Waals surface area contributed by atoms with Crippen LogP contribution in [0.4, 0.5) is 0 Å². The molecule has 5 rings (SSSR count). The molecule has 1 fully saturated rings. The maximum absolute atomic E-state index is 13.2. The fraction of sp³-hybridized carbons (Fsp3) is 0.143. The van der Waals surface area contributed by atoms with Gasteiger partial charge in [-0.2, -0.15) is 0 Å². The van der Waals surface area contributed by atoms with Gasteiger partial charge in [0.15, 0.2) is 0 Å². The molecule has 0 radical (unpaired) electrons. The minimum atomic E-state index is -0.766. The van der Waals surface area contributed by atoms with E-state index in [0.717, 1.165) is 22.2 Å². The Balaban J connectivity index is 1.55. The van der Waals surface area contributed by atoms with Gasteiger partial charge in [0.25, 0.3) is 11.7 Å².